The lowest BCUT2D eigenvalue weighted by Crippen LogP contribution is -2.59. The molecular formula is C16H20N2O2. The molecule has 4 heteroatoms. The van der Waals surface area contributed by atoms with Gasteiger partial charge in [0.1, 0.15) is 12.1 Å². The van der Waals surface area contributed by atoms with Crippen molar-refractivity contribution in [1.82, 2.24) is 10.2 Å². The Kier molecular flexibility index (Phi) is 2.85. The van der Waals surface area contributed by atoms with Gasteiger partial charge in [0.25, 0.3) is 0 Å². The van der Waals surface area contributed by atoms with Crippen molar-refractivity contribution in [3.05, 3.63) is 35.9 Å². The lowest BCUT2D eigenvalue weighted by atomic mass is 9.98. The fourth-order valence-corrected chi connectivity index (χ4v) is 3.03. The van der Waals surface area contributed by atoms with E-state index in [1.54, 1.807) is 11.8 Å². The first-order chi connectivity index (χ1) is 9.42. The number of carbonyl (C=O) groups excluding carboxylic acids is 2. The molecule has 2 aliphatic rings. The highest BCUT2D eigenvalue weighted by Crippen LogP contribution is 2.51. The van der Waals surface area contributed by atoms with Gasteiger partial charge in [-0.25, -0.2) is 0 Å². The van der Waals surface area contributed by atoms with Crippen LogP contribution in [0.25, 0.3) is 0 Å². The number of hydrogen-bond donors (Lipinski definition) is 1. The smallest absolute Gasteiger partial charge is 0.248 e. The molecule has 2 amide bonds. The predicted octanol–water partition coefficient (Wildman–Crippen LogP) is 1.87. The summed E-state index contributed by atoms with van der Waals surface area (Å²) in [5.74, 6) is -0.0555. The Morgan fingerprint density at radius 3 is 2.35 bits per heavy atom. The zero-order valence-corrected chi connectivity index (χ0v) is 12.1. The first-order valence-corrected chi connectivity index (χ1v) is 7.09. The second-order valence-corrected chi connectivity index (χ2v) is 6.50. The first-order valence-electron chi connectivity index (χ1n) is 7.09. The highest BCUT2D eigenvalue weighted by Gasteiger charge is 2.56. The number of amides is 2. The van der Waals surface area contributed by atoms with E-state index in [9.17, 15) is 9.59 Å². The van der Waals surface area contributed by atoms with Crippen LogP contribution in [-0.2, 0) is 9.59 Å². The summed E-state index contributed by atoms with van der Waals surface area (Å²) in [6, 6.07) is 8.79. The highest BCUT2D eigenvalue weighted by atomic mass is 16.2. The second kappa shape index (κ2) is 4.33. The van der Waals surface area contributed by atoms with E-state index in [1.807, 2.05) is 30.3 Å². The van der Waals surface area contributed by atoms with Crippen molar-refractivity contribution < 1.29 is 9.59 Å². The van der Waals surface area contributed by atoms with Crippen molar-refractivity contribution in [3.63, 3.8) is 0 Å². The molecule has 3 rings (SSSR count). The maximum atomic E-state index is 12.5. The Morgan fingerprint density at radius 1 is 1.20 bits per heavy atom. The molecule has 20 heavy (non-hydrogen) atoms. The molecule has 1 aliphatic heterocycles. The number of hydrogen-bond acceptors (Lipinski definition) is 2. The summed E-state index contributed by atoms with van der Waals surface area (Å²) in [5, 5.41) is 2.79. The maximum Gasteiger partial charge on any atom is 0.248 e. The van der Waals surface area contributed by atoms with Crippen LogP contribution in [0.2, 0.25) is 0 Å². The van der Waals surface area contributed by atoms with Crippen molar-refractivity contribution in [2.24, 2.45) is 5.41 Å². The minimum Gasteiger partial charge on any atom is -0.342 e. The van der Waals surface area contributed by atoms with Gasteiger partial charge in [0.15, 0.2) is 0 Å². The van der Waals surface area contributed by atoms with Crippen LogP contribution < -0.4 is 5.32 Å². The van der Waals surface area contributed by atoms with E-state index in [-0.39, 0.29) is 23.3 Å². The van der Waals surface area contributed by atoms with Crippen molar-refractivity contribution >= 4 is 11.8 Å². The molecule has 106 valence electrons. The van der Waals surface area contributed by atoms with E-state index in [4.69, 9.17) is 0 Å². The fraction of sp³-hybridized carbons (Fsp3) is 0.500. The van der Waals surface area contributed by atoms with Gasteiger partial charge >= 0.3 is 0 Å². The lowest BCUT2D eigenvalue weighted by molar-refractivity contribution is -0.150. The van der Waals surface area contributed by atoms with Crippen molar-refractivity contribution in [2.45, 2.75) is 45.3 Å². The largest absolute Gasteiger partial charge is 0.342 e. The van der Waals surface area contributed by atoms with E-state index < -0.39 is 12.1 Å². The third-order valence-corrected chi connectivity index (χ3v) is 4.42. The molecule has 0 radical (unpaired) electrons. The molecule has 1 aromatic carbocycles. The second-order valence-electron chi connectivity index (χ2n) is 6.50. The number of rotatable bonds is 2. The van der Waals surface area contributed by atoms with Gasteiger partial charge in [0, 0.05) is 6.04 Å². The fourth-order valence-electron chi connectivity index (χ4n) is 3.03. The standard InChI is InChI=1S/C16H20N2O2/c1-10-15(20)18(12-9-16(12,2)3)13(14(19)17-10)11-7-5-4-6-8-11/h4-8,10,12-13H,9H2,1-3H3,(H,17,19). The highest BCUT2D eigenvalue weighted by molar-refractivity contribution is 5.97. The summed E-state index contributed by atoms with van der Waals surface area (Å²) >= 11 is 0. The summed E-state index contributed by atoms with van der Waals surface area (Å²) < 4.78 is 0. The molecule has 1 aliphatic carbocycles. The van der Waals surface area contributed by atoms with E-state index in [0.29, 0.717) is 0 Å². The van der Waals surface area contributed by atoms with Gasteiger partial charge in [-0.15, -0.1) is 0 Å². The number of nitrogens with one attached hydrogen (secondary N) is 1. The molecule has 1 heterocycles. The van der Waals surface area contributed by atoms with Crippen molar-refractivity contribution in [2.75, 3.05) is 0 Å². The number of carbonyl (C=O) groups is 2. The molecule has 0 bridgehead atoms. The molecule has 1 N–H and O–H groups in total. The van der Waals surface area contributed by atoms with E-state index in [0.717, 1.165) is 12.0 Å². The summed E-state index contributed by atoms with van der Waals surface area (Å²) in [6.07, 6.45) is 0.960. The zero-order chi connectivity index (χ0) is 14.5. The number of nitrogens with zero attached hydrogens (tertiary/aromatic N) is 1. The van der Waals surface area contributed by atoms with Crippen LogP contribution in [0.3, 0.4) is 0 Å². The Hall–Kier alpha value is -1.84. The van der Waals surface area contributed by atoms with E-state index >= 15 is 0 Å². The van der Waals surface area contributed by atoms with Gasteiger partial charge in [-0.05, 0) is 24.3 Å². The Balaban J connectivity index is 2.00. The Bertz CT molecular complexity index is 553. The molecule has 4 nitrogen and oxygen atoms in total. The Labute approximate surface area is 119 Å². The van der Waals surface area contributed by atoms with Crippen LogP contribution in [0.1, 0.15) is 38.8 Å². The zero-order valence-electron chi connectivity index (χ0n) is 12.1. The van der Waals surface area contributed by atoms with Crippen LogP contribution >= 0.6 is 0 Å². The molecule has 1 saturated carbocycles. The molecule has 3 atom stereocenters. The van der Waals surface area contributed by atoms with E-state index in [1.165, 1.54) is 0 Å². The lowest BCUT2D eigenvalue weighted by Gasteiger charge is -2.39. The van der Waals surface area contributed by atoms with Crippen LogP contribution in [0.5, 0.6) is 0 Å². The average molecular weight is 272 g/mol. The normalized spacial score (nSPS) is 31.9. The summed E-state index contributed by atoms with van der Waals surface area (Å²) in [7, 11) is 0. The van der Waals surface area contributed by atoms with Crippen LogP contribution in [0.15, 0.2) is 30.3 Å². The van der Waals surface area contributed by atoms with Crippen LogP contribution in [-0.4, -0.2) is 28.8 Å². The minimum atomic E-state index is -0.494. The summed E-state index contributed by atoms with van der Waals surface area (Å²) in [6.45, 7) is 6.04. The third-order valence-electron chi connectivity index (χ3n) is 4.42. The molecule has 1 aromatic rings. The summed E-state index contributed by atoms with van der Waals surface area (Å²) in [4.78, 5) is 26.7. The van der Waals surface area contributed by atoms with Crippen LogP contribution in [0.4, 0.5) is 0 Å². The van der Waals surface area contributed by atoms with Gasteiger partial charge in [-0.2, -0.15) is 0 Å². The topological polar surface area (TPSA) is 49.4 Å². The molecule has 2 fully saturated rings. The Morgan fingerprint density at radius 2 is 1.80 bits per heavy atom. The van der Waals surface area contributed by atoms with Gasteiger partial charge in [0.05, 0.1) is 0 Å². The summed E-state index contributed by atoms with van der Waals surface area (Å²) in [5.41, 5.74) is 0.994. The number of piperazine rings is 1. The average Bonchev–Trinajstić information content (AvgIpc) is 3.03. The number of benzene rings is 1. The third kappa shape index (κ3) is 1.99. The first kappa shape index (κ1) is 13.2. The maximum absolute atomic E-state index is 12.5. The quantitative estimate of drug-likeness (QED) is 0.893. The van der Waals surface area contributed by atoms with Gasteiger partial charge < -0.3 is 10.2 Å². The van der Waals surface area contributed by atoms with Crippen molar-refractivity contribution in [1.29, 1.82) is 0 Å². The van der Waals surface area contributed by atoms with Gasteiger partial charge in [-0.1, -0.05) is 44.2 Å². The van der Waals surface area contributed by atoms with Gasteiger partial charge in [0.2, 0.25) is 11.8 Å². The molecule has 0 aromatic heterocycles. The molecule has 3 unspecified atom stereocenters. The minimum absolute atomic E-state index is 0.0222. The SMILES string of the molecule is CC1NC(=O)C(c2ccccc2)N(C2CC2(C)C)C1=O. The molecule has 1 saturated heterocycles. The molecule has 0 spiro atoms. The molecular weight excluding hydrogens is 252 g/mol. The predicted molar refractivity (Wildman–Crippen MR) is 75.8 cm³/mol. The monoisotopic (exact) mass is 272 g/mol. The van der Waals surface area contributed by atoms with Crippen molar-refractivity contribution in [3.8, 4) is 0 Å². The van der Waals surface area contributed by atoms with Crippen LogP contribution in [0, 0.1) is 5.41 Å². The van der Waals surface area contributed by atoms with Gasteiger partial charge in [-0.3, -0.25) is 9.59 Å². The van der Waals surface area contributed by atoms with E-state index in [2.05, 4.69) is 19.2 Å².